The molecule has 3 heteroatoms. The molecule has 0 radical (unpaired) electrons. The molecule has 0 bridgehead atoms. The van der Waals surface area contributed by atoms with Crippen LogP contribution in [0.2, 0.25) is 0 Å². The third-order valence-corrected chi connectivity index (χ3v) is 4.85. The van der Waals surface area contributed by atoms with Gasteiger partial charge in [-0.05, 0) is 59.7 Å². The lowest BCUT2D eigenvalue weighted by Gasteiger charge is -2.20. The zero-order valence-corrected chi connectivity index (χ0v) is 12.8. The van der Waals surface area contributed by atoms with Crippen molar-refractivity contribution in [3.63, 3.8) is 0 Å². The number of hydrogen-bond acceptors (Lipinski definition) is 1. The summed E-state index contributed by atoms with van der Waals surface area (Å²) in [4.78, 5) is 14.8. The molecule has 0 amide bonds. The third-order valence-electron chi connectivity index (χ3n) is 4.85. The number of Topliss-reactive ketones (excluding diaryl/α,β-unsaturated/α-hetero) is 1. The van der Waals surface area contributed by atoms with Crippen molar-refractivity contribution in [1.29, 1.82) is 0 Å². The van der Waals surface area contributed by atoms with Crippen LogP contribution < -0.4 is 0 Å². The SMILES string of the molecule is O=C1CCC(c2c[nH]c3ccc(-c4cccc(F)c4)cc23)CC1. The Kier molecular flexibility index (Phi) is 3.49. The van der Waals surface area contributed by atoms with Crippen LogP contribution in [0, 0.1) is 5.82 Å². The summed E-state index contributed by atoms with van der Waals surface area (Å²) in [6.07, 6.45) is 5.29. The van der Waals surface area contributed by atoms with E-state index >= 15 is 0 Å². The fourth-order valence-corrected chi connectivity index (χ4v) is 3.58. The maximum atomic E-state index is 13.5. The Bertz CT molecular complexity index is 870. The molecule has 2 nitrogen and oxygen atoms in total. The first kappa shape index (κ1) is 14.2. The van der Waals surface area contributed by atoms with Crippen LogP contribution >= 0.6 is 0 Å². The lowest BCUT2D eigenvalue weighted by atomic mass is 9.83. The highest BCUT2D eigenvalue weighted by molar-refractivity contribution is 5.89. The lowest BCUT2D eigenvalue weighted by Crippen LogP contribution is -2.11. The largest absolute Gasteiger partial charge is 0.361 e. The Labute approximate surface area is 134 Å². The predicted molar refractivity (Wildman–Crippen MR) is 89.9 cm³/mol. The molecule has 1 N–H and O–H groups in total. The van der Waals surface area contributed by atoms with Crippen molar-refractivity contribution in [1.82, 2.24) is 4.98 Å². The summed E-state index contributed by atoms with van der Waals surface area (Å²) < 4.78 is 13.5. The monoisotopic (exact) mass is 307 g/mol. The van der Waals surface area contributed by atoms with Crippen molar-refractivity contribution in [2.45, 2.75) is 31.6 Å². The Balaban J connectivity index is 1.76. The molecule has 1 saturated carbocycles. The van der Waals surface area contributed by atoms with E-state index in [1.807, 2.05) is 18.2 Å². The summed E-state index contributed by atoms with van der Waals surface area (Å²) in [5, 5.41) is 1.19. The molecule has 0 aliphatic heterocycles. The number of nitrogens with one attached hydrogen (secondary N) is 1. The van der Waals surface area contributed by atoms with Crippen LogP contribution in [0.5, 0.6) is 0 Å². The van der Waals surface area contributed by atoms with Crippen molar-refractivity contribution in [2.75, 3.05) is 0 Å². The van der Waals surface area contributed by atoms with E-state index in [0.29, 0.717) is 24.5 Å². The number of ketones is 1. The van der Waals surface area contributed by atoms with Crippen molar-refractivity contribution in [3.8, 4) is 11.1 Å². The summed E-state index contributed by atoms with van der Waals surface area (Å²) in [6, 6.07) is 12.9. The van der Waals surface area contributed by atoms with Gasteiger partial charge in [-0.2, -0.15) is 0 Å². The molecular formula is C20H18FNO. The van der Waals surface area contributed by atoms with E-state index in [1.165, 1.54) is 17.0 Å². The molecule has 1 heterocycles. The molecule has 0 atom stereocenters. The van der Waals surface area contributed by atoms with Crippen molar-refractivity contribution < 1.29 is 9.18 Å². The number of halogens is 1. The molecule has 0 spiro atoms. The number of hydrogen-bond donors (Lipinski definition) is 1. The zero-order valence-electron chi connectivity index (χ0n) is 12.8. The van der Waals surface area contributed by atoms with E-state index in [2.05, 4.69) is 17.2 Å². The van der Waals surface area contributed by atoms with Crippen LogP contribution in [0.4, 0.5) is 4.39 Å². The van der Waals surface area contributed by atoms with Crippen LogP contribution in [0.1, 0.15) is 37.2 Å². The molecule has 2 aromatic carbocycles. The number of H-pyrrole nitrogens is 1. The molecule has 4 rings (SSSR count). The van der Waals surface area contributed by atoms with Crippen LogP contribution in [-0.2, 0) is 4.79 Å². The van der Waals surface area contributed by atoms with Gasteiger partial charge in [-0.25, -0.2) is 4.39 Å². The first-order chi connectivity index (χ1) is 11.2. The molecule has 1 fully saturated rings. The van der Waals surface area contributed by atoms with E-state index < -0.39 is 0 Å². The molecule has 116 valence electrons. The number of aromatic amines is 1. The topological polar surface area (TPSA) is 32.9 Å². The Morgan fingerprint density at radius 3 is 2.57 bits per heavy atom. The highest BCUT2D eigenvalue weighted by atomic mass is 19.1. The van der Waals surface area contributed by atoms with Gasteiger partial charge in [0.25, 0.3) is 0 Å². The van der Waals surface area contributed by atoms with Gasteiger partial charge in [0.15, 0.2) is 0 Å². The second-order valence-electron chi connectivity index (χ2n) is 6.33. The quantitative estimate of drug-likeness (QED) is 0.693. The van der Waals surface area contributed by atoms with Crippen molar-refractivity contribution in [3.05, 3.63) is 60.0 Å². The first-order valence-electron chi connectivity index (χ1n) is 8.09. The minimum atomic E-state index is -0.220. The first-order valence-corrected chi connectivity index (χ1v) is 8.09. The van der Waals surface area contributed by atoms with Gasteiger partial charge in [0, 0.05) is 29.9 Å². The van der Waals surface area contributed by atoms with Gasteiger partial charge < -0.3 is 4.98 Å². The van der Waals surface area contributed by atoms with Crippen molar-refractivity contribution >= 4 is 16.7 Å². The summed E-state index contributed by atoms with van der Waals surface area (Å²) >= 11 is 0. The van der Waals surface area contributed by atoms with Crippen LogP contribution in [-0.4, -0.2) is 10.8 Å². The predicted octanol–water partition coefficient (Wildman–Crippen LogP) is 5.20. The summed E-state index contributed by atoms with van der Waals surface area (Å²) in [5.41, 5.74) is 4.28. The number of rotatable bonds is 2. The molecule has 3 aromatic rings. The molecule has 1 aliphatic carbocycles. The molecular weight excluding hydrogens is 289 g/mol. The van der Waals surface area contributed by atoms with Gasteiger partial charge in [-0.3, -0.25) is 4.79 Å². The maximum Gasteiger partial charge on any atom is 0.132 e. The molecule has 0 unspecified atom stereocenters. The number of carbonyl (C=O) groups is 1. The van der Waals surface area contributed by atoms with E-state index in [9.17, 15) is 9.18 Å². The van der Waals surface area contributed by atoms with Crippen molar-refractivity contribution in [2.24, 2.45) is 0 Å². The normalized spacial score (nSPS) is 16.1. The molecule has 1 aliphatic rings. The van der Waals surface area contributed by atoms with E-state index in [0.717, 1.165) is 29.5 Å². The molecule has 1 aromatic heterocycles. The smallest absolute Gasteiger partial charge is 0.132 e. The highest BCUT2D eigenvalue weighted by Crippen LogP contribution is 2.36. The lowest BCUT2D eigenvalue weighted by molar-refractivity contribution is -0.120. The van der Waals surface area contributed by atoms with Gasteiger partial charge in [-0.15, -0.1) is 0 Å². The fourth-order valence-electron chi connectivity index (χ4n) is 3.58. The second kappa shape index (κ2) is 5.65. The Morgan fingerprint density at radius 1 is 1.00 bits per heavy atom. The standard InChI is InChI=1S/C20H18FNO/c21-16-3-1-2-14(10-16)15-6-9-20-18(11-15)19(12-22-20)13-4-7-17(23)8-5-13/h1-3,6,9-13,22H,4-5,7-8H2. The number of fused-ring (bicyclic) bond motifs is 1. The van der Waals surface area contributed by atoms with Gasteiger partial charge >= 0.3 is 0 Å². The number of aromatic nitrogens is 1. The second-order valence-corrected chi connectivity index (χ2v) is 6.33. The Morgan fingerprint density at radius 2 is 1.78 bits per heavy atom. The zero-order chi connectivity index (χ0) is 15.8. The molecule has 0 saturated heterocycles. The summed E-state index contributed by atoms with van der Waals surface area (Å²) in [5.74, 6) is 0.591. The third kappa shape index (κ3) is 2.67. The average Bonchev–Trinajstić information content (AvgIpc) is 2.99. The minimum Gasteiger partial charge on any atom is -0.361 e. The maximum absolute atomic E-state index is 13.5. The van der Waals surface area contributed by atoms with Crippen LogP contribution in [0.3, 0.4) is 0 Å². The number of carbonyl (C=O) groups excluding carboxylic acids is 1. The average molecular weight is 307 g/mol. The Hall–Kier alpha value is -2.42. The highest BCUT2D eigenvalue weighted by Gasteiger charge is 2.22. The van der Waals surface area contributed by atoms with E-state index in [-0.39, 0.29) is 5.82 Å². The van der Waals surface area contributed by atoms with Gasteiger partial charge in [0.05, 0.1) is 0 Å². The summed E-state index contributed by atoms with van der Waals surface area (Å²) in [7, 11) is 0. The van der Waals surface area contributed by atoms with Gasteiger partial charge in [0.2, 0.25) is 0 Å². The van der Waals surface area contributed by atoms with E-state index in [1.54, 1.807) is 12.1 Å². The summed E-state index contributed by atoms with van der Waals surface area (Å²) in [6.45, 7) is 0. The fraction of sp³-hybridized carbons (Fsp3) is 0.250. The van der Waals surface area contributed by atoms with Gasteiger partial charge in [0.1, 0.15) is 11.6 Å². The number of benzene rings is 2. The molecule has 23 heavy (non-hydrogen) atoms. The van der Waals surface area contributed by atoms with E-state index in [4.69, 9.17) is 0 Å². The van der Waals surface area contributed by atoms with Gasteiger partial charge in [-0.1, -0.05) is 18.2 Å². The van der Waals surface area contributed by atoms with Crippen LogP contribution in [0.15, 0.2) is 48.7 Å². The van der Waals surface area contributed by atoms with Crippen LogP contribution in [0.25, 0.3) is 22.0 Å². The minimum absolute atomic E-state index is 0.220.